The topological polar surface area (TPSA) is 52.6 Å². The summed E-state index contributed by atoms with van der Waals surface area (Å²) in [5.41, 5.74) is 2.82. The van der Waals surface area contributed by atoms with E-state index in [-0.39, 0.29) is 11.9 Å². The van der Waals surface area contributed by atoms with E-state index in [1.54, 1.807) is 0 Å². The monoisotopic (exact) mass is 326 g/mol. The molecule has 2 aromatic rings. The Labute approximate surface area is 144 Å². The summed E-state index contributed by atoms with van der Waals surface area (Å²) in [6, 6.07) is 17.0. The van der Waals surface area contributed by atoms with Crippen molar-refractivity contribution in [3.05, 3.63) is 71.3 Å². The van der Waals surface area contributed by atoms with E-state index < -0.39 is 6.10 Å². The molecule has 2 unspecified atom stereocenters. The van der Waals surface area contributed by atoms with Crippen molar-refractivity contribution in [1.29, 1.82) is 0 Å². The van der Waals surface area contributed by atoms with E-state index in [2.05, 4.69) is 10.2 Å². The van der Waals surface area contributed by atoms with Gasteiger partial charge in [-0.3, -0.25) is 4.79 Å². The number of rotatable bonds is 7. The van der Waals surface area contributed by atoms with E-state index in [0.29, 0.717) is 12.0 Å². The lowest BCUT2D eigenvalue weighted by molar-refractivity contribution is 0.0852. The molecule has 0 radical (unpaired) electrons. The number of aliphatic hydroxyl groups is 1. The molecule has 2 N–H and O–H groups in total. The number of hydrogen-bond donors (Lipinski definition) is 2. The molecule has 128 valence electrons. The number of benzene rings is 2. The van der Waals surface area contributed by atoms with Gasteiger partial charge in [-0.05, 0) is 44.3 Å². The molecule has 0 aromatic heterocycles. The zero-order chi connectivity index (χ0) is 17.5. The Balaban J connectivity index is 1.90. The van der Waals surface area contributed by atoms with Gasteiger partial charge in [0.05, 0.1) is 12.1 Å². The standard InChI is InChI=1S/C20H26N2O2/c1-15(19(23)13-16-7-5-4-6-8-16)21-20(24)18-11-9-17(10-12-18)14-22(2)3/h4-12,15,19,23H,13-14H2,1-3H3,(H,21,24). The Hall–Kier alpha value is -2.17. The highest BCUT2D eigenvalue weighted by molar-refractivity contribution is 5.94. The number of nitrogens with one attached hydrogen (secondary N) is 1. The van der Waals surface area contributed by atoms with E-state index in [0.717, 1.165) is 17.7 Å². The number of nitrogens with zero attached hydrogens (tertiary/aromatic N) is 1. The van der Waals surface area contributed by atoms with Crippen LogP contribution in [-0.2, 0) is 13.0 Å². The Bertz CT molecular complexity index is 638. The summed E-state index contributed by atoms with van der Waals surface area (Å²) in [6.45, 7) is 2.67. The third kappa shape index (κ3) is 5.48. The fourth-order valence-corrected chi connectivity index (χ4v) is 2.55. The van der Waals surface area contributed by atoms with Crippen molar-refractivity contribution in [3.63, 3.8) is 0 Å². The lowest BCUT2D eigenvalue weighted by Gasteiger charge is -2.20. The molecule has 2 rings (SSSR count). The fraction of sp³-hybridized carbons (Fsp3) is 0.350. The molecule has 0 saturated carbocycles. The van der Waals surface area contributed by atoms with Crippen molar-refractivity contribution in [2.24, 2.45) is 0 Å². The van der Waals surface area contributed by atoms with Crippen LogP contribution in [0, 0.1) is 0 Å². The van der Waals surface area contributed by atoms with Crippen molar-refractivity contribution < 1.29 is 9.90 Å². The molecule has 0 fully saturated rings. The minimum absolute atomic E-state index is 0.161. The molecule has 2 atom stereocenters. The van der Waals surface area contributed by atoms with Gasteiger partial charge in [-0.1, -0.05) is 42.5 Å². The van der Waals surface area contributed by atoms with E-state index in [4.69, 9.17) is 0 Å². The molecule has 2 aromatic carbocycles. The Morgan fingerprint density at radius 3 is 2.25 bits per heavy atom. The first-order valence-corrected chi connectivity index (χ1v) is 8.22. The molecule has 0 aliphatic carbocycles. The predicted octanol–water partition coefficient (Wildman–Crippen LogP) is 2.47. The van der Waals surface area contributed by atoms with Gasteiger partial charge in [0.25, 0.3) is 5.91 Å². The van der Waals surface area contributed by atoms with Gasteiger partial charge in [-0.15, -0.1) is 0 Å². The third-order valence-corrected chi connectivity index (χ3v) is 3.94. The average molecular weight is 326 g/mol. The van der Waals surface area contributed by atoms with Crippen molar-refractivity contribution in [2.75, 3.05) is 14.1 Å². The average Bonchev–Trinajstić information content (AvgIpc) is 2.55. The first-order chi connectivity index (χ1) is 11.5. The number of aliphatic hydroxyl groups excluding tert-OH is 1. The molecular weight excluding hydrogens is 300 g/mol. The number of amides is 1. The van der Waals surface area contributed by atoms with Gasteiger partial charge < -0.3 is 15.3 Å². The van der Waals surface area contributed by atoms with Crippen molar-refractivity contribution in [3.8, 4) is 0 Å². The van der Waals surface area contributed by atoms with Crippen LogP contribution in [0.25, 0.3) is 0 Å². The predicted molar refractivity (Wildman–Crippen MR) is 96.9 cm³/mol. The van der Waals surface area contributed by atoms with Crippen LogP contribution in [0.4, 0.5) is 0 Å². The molecule has 24 heavy (non-hydrogen) atoms. The van der Waals surface area contributed by atoms with Gasteiger partial charge in [0.2, 0.25) is 0 Å². The molecule has 0 heterocycles. The second-order valence-corrected chi connectivity index (χ2v) is 6.45. The zero-order valence-corrected chi connectivity index (χ0v) is 14.6. The maximum atomic E-state index is 12.3. The fourth-order valence-electron chi connectivity index (χ4n) is 2.55. The summed E-state index contributed by atoms with van der Waals surface area (Å²) in [4.78, 5) is 14.4. The van der Waals surface area contributed by atoms with Gasteiger partial charge in [-0.2, -0.15) is 0 Å². The summed E-state index contributed by atoms with van der Waals surface area (Å²) >= 11 is 0. The molecule has 0 bridgehead atoms. The van der Waals surface area contributed by atoms with E-state index in [1.807, 2.05) is 75.6 Å². The highest BCUT2D eigenvalue weighted by Crippen LogP contribution is 2.09. The minimum Gasteiger partial charge on any atom is -0.391 e. The summed E-state index contributed by atoms with van der Waals surface area (Å²) in [5, 5.41) is 13.2. The summed E-state index contributed by atoms with van der Waals surface area (Å²) in [7, 11) is 4.02. The van der Waals surface area contributed by atoms with Crippen molar-refractivity contribution >= 4 is 5.91 Å². The summed E-state index contributed by atoms with van der Waals surface area (Å²) in [6.07, 6.45) is -0.103. The molecule has 4 heteroatoms. The van der Waals surface area contributed by atoms with E-state index in [9.17, 15) is 9.90 Å². The van der Waals surface area contributed by atoms with Crippen LogP contribution < -0.4 is 5.32 Å². The summed E-state index contributed by atoms with van der Waals surface area (Å²) in [5.74, 6) is -0.161. The maximum Gasteiger partial charge on any atom is 0.251 e. The Morgan fingerprint density at radius 2 is 1.67 bits per heavy atom. The van der Waals surface area contributed by atoms with E-state index in [1.165, 1.54) is 0 Å². The smallest absolute Gasteiger partial charge is 0.251 e. The zero-order valence-electron chi connectivity index (χ0n) is 14.6. The minimum atomic E-state index is -0.621. The molecule has 0 aliphatic rings. The quantitative estimate of drug-likeness (QED) is 0.822. The van der Waals surface area contributed by atoms with Crippen molar-refractivity contribution in [1.82, 2.24) is 10.2 Å². The number of carbonyl (C=O) groups excluding carboxylic acids is 1. The van der Waals surface area contributed by atoms with Crippen LogP contribution in [0.15, 0.2) is 54.6 Å². The van der Waals surface area contributed by atoms with Crippen molar-refractivity contribution in [2.45, 2.75) is 32.0 Å². The lowest BCUT2D eigenvalue weighted by atomic mass is 10.0. The largest absolute Gasteiger partial charge is 0.391 e. The second kappa shape index (κ2) is 8.62. The molecule has 0 saturated heterocycles. The second-order valence-electron chi connectivity index (χ2n) is 6.45. The SMILES string of the molecule is CC(NC(=O)c1ccc(CN(C)C)cc1)C(O)Cc1ccccc1. The number of carbonyl (C=O) groups is 1. The van der Waals surface area contributed by atoms with Gasteiger partial charge in [0.15, 0.2) is 0 Å². The highest BCUT2D eigenvalue weighted by atomic mass is 16.3. The van der Waals surface area contributed by atoms with Gasteiger partial charge in [0, 0.05) is 18.5 Å². The Kier molecular flexibility index (Phi) is 6.53. The molecule has 0 spiro atoms. The Morgan fingerprint density at radius 1 is 1.04 bits per heavy atom. The summed E-state index contributed by atoms with van der Waals surface area (Å²) < 4.78 is 0. The van der Waals surface area contributed by atoms with Gasteiger partial charge >= 0.3 is 0 Å². The van der Waals surface area contributed by atoms with Crippen LogP contribution in [-0.4, -0.2) is 42.2 Å². The van der Waals surface area contributed by atoms with E-state index >= 15 is 0 Å². The molecule has 1 amide bonds. The number of hydrogen-bond acceptors (Lipinski definition) is 3. The molecule has 4 nitrogen and oxygen atoms in total. The maximum absolute atomic E-state index is 12.3. The first-order valence-electron chi connectivity index (χ1n) is 8.22. The lowest BCUT2D eigenvalue weighted by Crippen LogP contribution is -2.42. The van der Waals surface area contributed by atoms with Crippen LogP contribution in [0.3, 0.4) is 0 Å². The van der Waals surface area contributed by atoms with Crippen LogP contribution >= 0.6 is 0 Å². The normalized spacial score (nSPS) is 13.5. The highest BCUT2D eigenvalue weighted by Gasteiger charge is 2.17. The molecular formula is C20H26N2O2. The van der Waals surface area contributed by atoms with Crippen LogP contribution in [0.1, 0.15) is 28.4 Å². The van der Waals surface area contributed by atoms with Gasteiger partial charge in [-0.25, -0.2) is 0 Å². The molecule has 0 aliphatic heterocycles. The first kappa shape index (κ1) is 18.2. The van der Waals surface area contributed by atoms with Gasteiger partial charge in [0.1, 0.15) is 0 Å². The van der Waals surface area contributed by atoms with Crippen LogP contribution in [0.2, 0.25) is 0 Å². The third-order valence-electron chi connectivity index (χ3n) is 3.94. The van der Waals surface area contributed by atoms with Crippen LogP contribution in [0.5, 0.6) is 0 Å².